The molecule has 32 heavy (non-hydrogen) atoms. The standard InChI is InChI=1S/C22H28FN3O5S/c1-5-24-22(28)16(2)25(14-17-7-6-8-20(13-17)31-3)21(27)15-26(32(4,29)30)19-11-9-18(23)10-12-19/h6-13,16H,5,14-15H2,1-4H3,(H,24,28). The van der Waals surface area contributed by atoms with Gasteiger partial charge in [0.05, 0.1) is 19.1 Å². The summed E-state index contributed by atoms with van der Waals surface area (Å²) < 4.78 is 44.2. The summed E-state index contributed by atoms with van der Waals surface area (Å²) in [7, 11) is -2.34. The van der Waals surface area contributed by atoms with Crippen LogP contribution in [0.5, 0.6) is 5.75 Å². The topological polar surface area (TPSA) is 96.0 Å². The quantitative estimate of drug-likeness (QED) is 0.580. The molecule has 0 spiro atoms. The minimum absolute atomic E-state index is 0.0648. The Bertz CT molecular complexity index is 1040. The SMILES string of the molecule is CCNC(=O)C(C)N(Cc1cccc(OC)c1)C(=O)CN(c1ccc(F)cc1)S(C)(=O)=O. The van der Waals surface area contributed by atoms with Gasteiger partial charge in [-0.25, -0.2) is 12.8 Å². The van der Waals surface area contributed by atoms with Gasteiger partial charge in [0.25, 0.3) is 0 Å². The number of nitrogens with one attached hydrogen (secondary N) is 1. The number of hydrogen-bond acceptors (Lipinski definition) is 5. The number of amides is 2. The molecular formula is C22H28FN3O5S. The highest BCUT2D eigenvalue weighted by atomic mass is 32.2. The van der Waals surface area contributed by atoms with Gasteiger partial charge in [0, 0.05) is 13.1 Å². The minimum atomic E-state index is -3.86. The summed E-state index contributed by atoms with van der Waals surface area (Å²) in [5, 5.41) is 2.68. The number of carbonyl (C=O) groups is 2. The molecule has 0 aliphatic heterocycles. The zero-order chi connectivity index (χ0) is 23.9. The van der Waals surface area contributed by atoms with Gasteiger partial charge in [-0.3, -0.25) is 13.9 Å². The molecule has 0 saturated heterocycles. The van der Waals surface area contributed by atoms with Gasteiger partial charge >= 0.3 is 0 Å². The molecule has 0 bridgehead atoms. The van der Waals surface area contributed by atoms with Crippen LogP contribution in [0.1, 0.15) is 19.4 Å². The molecule has 0 fully saturated rings. The minimum Gasteiger partial charge on any atom is -0.497 e. The summed E-state index contributed by atoms with van der Waals surface area (Å²) in [5.41, 5.74) is 0.857. The molecule has 0 aliphatic carbocycles. The largest absolute Gasteiger partial charge is 0.497 e. The van der Waals surface area contributed by atoms with E-state index in [1.54, 1.807) is 38.1 Å². The summed E-state index contributed by atoms with van der Waals surface area (Å²) in [6.45, 7) is 3.24. The lowest BCUT2D eigenvalue weighted by Crippen LogP contribution is -2.51. The predicted octanol–water partition coefficient (Wildman–Crippen LogP) is 2.15. The summed E-state index contributed by atoms with van der Waals surface area (Å²) >= 11 is 0. The number of ether oxygens (including phenoxy) is 1. The number of halogens is 1. The molecule has 2 aromatic carbocycles. The fourth-order valence-corrected chi connectivity index (χ4v) is 3.94. The number of hydrogen-bond donors (Lipinski definition) is 1. The zero-order valence-corrected chi connectivity index (χ0v) is 19.4. The van der Waals surface area contributed by atoms with Gasteiger partial charge in [-0.1, -0.05) is 12.1 Å². The van der Waals surface area contributed by atoms with E-state index in [0.717, 1.165) is 22.7 Å². The van der Waals surface area contributed by atoms with Gasteiger partial charge in [0.2, 0.25) is 21.8 Å². The molecule has 10 heteroatoms. The average molecular weight is 466 g/mol. The van der Waals surface area contributed by atoms with Crippen molar-refractivity contribution in [2.75, 3.05) is 30.8 Å². The van der Waals surface area contributed by atoms with E-state index >= 15 is 0 Å². The first-order valence-corrected chi connectivity index (χ1v) is 11.8. The van der Waals surface area contributed by atoms with E-state index < -0.39 is 34.3 Å². The van der Waals surface area contributed by atoms with Crippen LogP contribution in [0.15, 0.2) is 48.5 Å². The molecule has 0 saturated carbocycles. The summed E-state index contributed by atoms with van der Waals surface area (Å²) in [6, 6.07) is 11.0. The zero-order valence-electron chi connectivity index (χ0n) is 18.5. The van der Waals surface area contributed by atoms with Crippen molar-refractivity contribution in [1.82, 2.24) is 10.2 Å². The Morgan fingerprint density at radius 2 is 1.81 bits per heavy atom. The van der Waals surface area contributed by atoms with Gasteiger partial charge in [0.1, 0.15) is 24.2 Å². The molecule has 8 nitrogen and oxygen atoms in total. The highest BCUT2D eigenvalue weighted by molar-refractivity contribution is 7.92. The van der Waals surface area contributed by atoms with Gasteiger partial charge in [-0.2, -0.15) is 0 Å². The summed E-state index contributed by atoms with van der Waals surface area (Å²) in [4.78, 5) is 27.1. The predicted molar refractivity (Wildman–Crippen MR) is 120 cm³/mol. The van der Waals surface area contributed by atoms with Crippen LogP contribution in [0.25, 0.3) is 0 Å². The number of likely N-dealkylation sites (N-methyl/N-ethyl adjacent to an activating group) is 1. The lowest BCUT2D eigenvalue weighted by molar-refractivity contribution is -0.139. The Hall–Kier alpha value is -3.14. The average Bonchev–Trinajstić information content (AvgIpc) is 2.75. The number of anilines is 1. The van der Waals surface area contributed by atoms with Crippen LogP contribution < -0.4 is 14.4 Å². The molecule has 2 aromatic rings. The molecule has 1 unspecified atom stereocenters. The maximum atomic E-state index is 13.3. The molecule has 2 rings (SSSR count). The summed E-state index contributed by atoms with van der Waals surface area (Å²) in [6.07, 6.45) is 0.962. The molecule has 0 aromatic heterocycles. The molecule has 2 amide bonds. The van der Waals surface area contributed by atoms with Crippen molar-refractivity contribution in [1.29, 1.82) is 0 Å². The molecular weight excluding hydrogens is 437 g/mol. The Morgan fingerprint density at radius 1 is 1.16 bits per heavy atom. The van der Waals surface area contributed by atoms with Gasteiger partial charge in [-0.05, 0) is 55.8 Å². The molecule has 0 aliphatic rings. The summed E-state index contributed by atoms with van der Waals surface area (Å²) in [5.74, 6) is -0.888. The van der Waals surface area contributed by atoms with Crippen molar-refractivity contribution in [3.8, 4) is 5.75 Å². The molecule has 1 N–H and O–H groups in total. The lowest BCUT2D eigenvalue weighted by atomic mass is 10.1. The van der Waals surface area contributed by atoms with E-state index in [9.17, 15) is 22.4 Å². The monoisotopic (exact) mass is 465 g/mol. The van der Waals surface area contributed by atoms with Gasteiger partial charge < -0.3 is 15.0 Å². The van der Waals surface area contributed by atoms with Gasteiger partial charge in [0.15, 0.2) is 0 Å². The van der Waals surface area contributed by atoms with Crippen molar-refractivity contribution in [3.05, 3.63) is 59.9 Å². The highest BCUT2D eigenvalue weighted by Gasteiger charge is 2.30. The Balaban J connectivity index is 2.38. The Labute approximate surface area is 188 Å². The van der Waals surface area contributed by atoms with Crippen LogP contribution in [0, 0.1) is 5.82 Å². The van der Waals surface area contributed by atoms with E-state index in [1.165, 1.54) is 24.1 Å². The number of rotatable bonds is 10. The first-order valence-electron chi connectivity index (χ1n) is 10.00. The van der Waals surface area contributed by atoms with Crippen molar-refractivity contribution in [3.63, 3.8) is 0 Å². The van der Waals surface area contributed by atoms with Crippen LogP contribution in [-0.4, -0.2) is 57.6 Å². The van der Waals surface area contributed by atoms with Crippen molar-refractivity contribution >= 4 is 27.5 Å². The fraction of sp³-hybridized carbons (Fsp3) is 0.364. The third-order valence-electron chi connectivity index (χ3n) is 4.80. The van der Waals surface area contributed by atoms with Crippen LogP contribution in [0.2, 0.25) is 0 Å². The third kappa shape index (κ3) is 6.68. The highest BCUT2D eigenvalue weighted by Crippen LogP contribution is 2.20. The van der Waals surface area contributed by atoms with E-state index in [4.69, 9.17) is 4.74 Å². The maximum Gasteiger partial charge on any atom is 0.244 e. The van der Waals surface area contributed by atoms with E-state index in [2.05, 4.69) is 5.32 Å². The van der Waals surface area contributed by atoms with Gasteiger partial charge in [-0.15, -0.1) is 0 Å². The van der Waals surface area contributed by atoms with E-state index in [-0.39, 0.29) is 18.1 Å². The number of sulfonamides is 1. The van der Waals surface area contributed by atoms with Crippen LogP contribution in [0.4, 0.5) is 10.1 Å². The van der Waals surface area contributed by atoms with Crippen LogP contribution in [-0.2, 0) is 26.2 Å². The normalized spacial score (nSPS) is 12.0. The van der Waals surface area contributed by atoms with E-state index in [1.807, 2.05) is 0 Å². The van der Waals surface area contributed by atoms with Crippen LogP contribution in [0.3, 0.4) is 0 Å². The second-order valence-electron chi connectivity index (χ2n) is 7.19. The lowest BCUT2D eigenvalue weighted by Gasteiger charge is -2.31. The smallest absolute Gasteiger partial charge is 0.244 e. The first-order chi connectivity index (χ1) is 15.1. The Morgan fingerprint density at radius 3 is 2.38 bits per heavy atom. The van der Waals surface area contributed by atoms with E-state index in [0.29, 0.717) is 17.9 Å². The number of carbonyl (C=O) groups excluding carboxylic acids is 2. The van der Waals surface area contributed by atoms with Crippen molar-refractivity contribution in [2.24, 2.45) is 0 Å². The second-order valence-corrected chi connectivity index (χ2v) is 9.10. The number of nitrogens with zero attached hydrogens (tertiary/aromatic N) is 2. The van der Waals surface area contributed by atoms with Crippen molar-refractivity contribution in [2.45, 2.75) is 26.4 Å². The molecule has 1 atom stereocenters. The number of benzene rings is 2. The molecule has 0 radical (unpaired) electrons. The fourth-order valence-electron chi connectivity index (χ4n) is 3.09. The first kappa shape index (κ1) is 25.1. The molecule has 174 valence electrons. The second kappa shape index (κ2) is 10.9. The number of methoxy groups -OCH3 is 1. The van der Waals surface area contributed by atoms with Crippen LogP contribution >= 0.6 is 0 Å². The third-order valence-corrected chi connectivity index (χ3v) is 5.94. The Kier molecular flexibility index (Phi) is 8.59. The maximum absolute atomic E-state index is 13.3. The molecule has 0 heterocycles. The van der Waals surface area contributed by atoms with Crippen molar-refractivity contribution < 1.29 is 27.1 Å².